The number of hydrazine groups is 1. The van der Waals surface area contributed by atoms with Crippen LogP contribution in [0.1, 0.15) is 31.4 Å². The Hall–Kier alpha value is -2.61. The Morgan fingerprint density at radius 2 is 1.81 bits per heavy atom. The van der Waals surface area contributed by atoms with E-state index >= 15 is 0 Å². The van der Waals surface area contributed by atoms with Gasteiger partial charge in [0, 0.05) is 36.9 Å². The van der Waals surface area contributed by atoms with Crippen molar-refractivity contribution < 1.29 is 14.3 Å². The predicted octanol–water partition coefficient (Wildman–Crippen LogP) is 4.25. The normalized spacial score (nSPS) is 21.4. The van der Waals surface area contributed by atoms with E-state index in [2.05, 4.69) is 5.43 Å². The van der Waals surface area contributed by atoms with Crippen LogP contribution in [0.3, 0.4) is 0 Å². The van der Waals surface area contributed by atoms with Crippen LogP contribution >= 0.6 is 23.2 Å². The molecule has 2 aliphatic heterocycles. The molecule has 9 heteroatoms. The number of benzene rings is 2. The first kappa shape index (κ1) is 22.6. The number of piperidine rings is 1. The van der Waals surface area contributed by atoms with E-state index in [-0.39, 0.29) is 23.7 Å². The summed E-state index contributed by atoms with van der Waals surface area (Å²) in [7, 11) is 1.62. The molecule has 0 aromatic heterocycles. The third-order valence-electron chi connectivity index (χ3n) is 5.81. The number of ketones is 1. The van der Waals surface area contributed by atoms with Gasteiger partial charge in [-0.25, -0.2) is 5.01 Å². The molecule has 0 bridgehead atoms. The first-order valence-electron chi connectivity index (χ1n) is 10.4. The van der Waals surface area contributed by atoms with Crippen molar-refractivity contribution in [3.05, 3.63) is 58.1 Å². The summed E-state index contributed by atoms with van der Waals surface area (Å²) in [6.45, 7) is 2.97. The van der Waals surface area contributed by atoms with Crippen LogP contribution in [0.2, 0.25) is 10.0 Å². The summed E-state index contributed by atoms with van der Waals surface area (Å²) in [6.07, 6.45) is 0.868. The van der Waals surface area contributed by atoms with E-state index in [0.717, 1.165) is 11.3 Å². The van der Waals surface area contributed by atoms with E-state index in [1.165, 1.54) is 0 Å². The number of amides is 1. The minimum Gasteiger partial charge on any atom is -0.497 e. The van der Waals surface area contributed by atoms with Crippen LogP contribution in [-0.4, -0.2) is 42.6 Å². The summed E-state index contributed by atoms with van der Waals surface area (Å²) in [5, 5.41) is 9.22. The van der Waals surface area contributed by atoms with Crippen molar-refractivity contribution in [2.75, 3.05) is 25.2 Å². The van der Waals surface area contributed by atoms with Crippen molar-refractivity contribution in [3.63, 3.8) is 0 Å². The Balaban J connectivity index is 1.66. The van der Waals surface area contributed by atoms with Crippen LogP contribution in [0, 0.1) is 5.92 Å². The molecule has 2 atom stereocenters. The number of nitrogens with one attached hydrogen (secondary N) is 1. The molecule has 1 fully saturated rings. The fraction of sp³-hybridized carbons (Fsp3) is 0.348. The summed E-state index contributed by atoms with van der Waals surface area (Å²) in [5.41, 5.74) is 4.94. The number of methoxy groups -OCH3 is 1. The second-order valence-electron chi connectivity index (χ2n) is 7.90. The number of anilines is 1. The Labute approximate surface area is 196 Å². The van der Waals surface area contributed by atoms with Crippen molar-refractivity contribution in [2.45, 2.75) is 25.8 Å². The van der Waals surface area contributed by atoms with Crippen molar-refractivity contribution in [2.24, 2.45) is 11.0 Å². The third-order valence-corrected chi connectivity index (χ3v) is 6.35. The molecule has 32 heavy (non-hydrogen) atoms. The molecule has 2 aromatic rings. The van der Waals surface area contributed by atoms with Crippen molar-refractivity contribution >= 4 is 46.3 Å². The van der Waals surface area contributed by atoms with Crippen LogP contribution in [0.25, 0.3) is 0 Å². The molecule has 1 saturated heterocycles. The third kappa shape index (κ3) is 4.60. The molecular formula is C23H24Cl2N4O3. The van der Waals surface area contributed by atoms with Gasteiger partial charge in [-0.2, -0.15) is 5.10 Å². The maximum absolute atomic E-state index is 13.1. The maximum atomic E-state index is 13.1. The number of nitrogens with zero attached hydrogens (tertiary/aromatic N) is 3. The van der Waals surface area contributed by atoms with Gasteiger partial charge in [0.25, 0.3) is 5.91 Å². The number of hydrogen-bond donors (Lipinski definition) is 1. The van der Waals surface area contributed by atoms with Gasteiger partial charge >= 0.3 is 0 Å². The minimum absolute atomic E-state index is 0.213. The summed E-state index contributed by atoms with van der Waals surface area (Å²) in [5.74, 6) is 0.457. The lowest BCUT2D eigenvalue weighted by Crippen LogP contribution is -2.49. The zero-order valence-electron chi connectivity index (χ0n) is 17.8. The topological polar surface area (TPSA) is 74.2 Å². The Bertz CT molecular complexity index is 1050. The minimum atomic E-state index is -0.280. The molecule has 2 aliphatic rings. The quantitative estimate of drug-likeness (QED) is 0.700. The van der Waals surface area contributed by atoms with Crippen molar-refractivity contribution in [1.29, 1.82) is 0 Å². The number of Topliss-reactive ketones (excluding diaryl/α,β-unsaturated/α-hetero) is 1. The van der Waals surface area contributed by atoms with Gasteiger partial charge in [-0.05, 0) is 35.9 Å². The number of hydrazone groups is 1. The molecular weight excluding hydrogens is 451 g/mol. The number of carbonyl (C=O) groups is 2. The number of halogens is 2. The average molecular weight is 475 g/mol. The van der Waals surface area contributed by atoms with Crippen LogP contribution in [0.15, 0.2) is 47.6 Å². The lowest BCUT2D eigenvalue weighted by molar-refractivity contribution is -0.126. The smallest absolute Gasteiger partial charge is 0.282 e. The van der Waals surface area contributed by atoms with Crippen molar-refractivity contribution in [1.82, 2.24) is 10.4 Å². The zero-order chi connectivity index (χ0) is 22.8. The fourth-order valence-corrected chi connectivity index (χ4v) is 4.55. The van der Waals surface area contributed by atoms with E-state index in [4.69, 9.17) is 33.0 Å². The number of carbonyl (C=O) groups excluding carboxylic acids is 2. The molecule has 0 unspecified atom stereocenters. The molecule has 1 amide bonds. The largest absolute Gasteiger partial charge is 0.497 e. The van der Waals surface area contributed by atoms with Gasteiger partial charge in [0.1, 0.15) is 17.2 Å². The van der Waals surface area contributed by atoms with Crippen LogP contribution in [0.5, 0.6) is 5.75 Å². The van der Waals surface area contributed by atoms with E-state index in [9.17, 15) is 9.59 Å². The first-order chi connectivity index (χ1) is 15.4. The van der Waals surface area contributed by atoms with Gasteiger partial charge in [0.15, 0.2) is 0 Å². The summed E-state index contributed by atoms with van der Waals surface area (Å²) in [6, 6.07) is 12.6. The van der Waals surface area contributed by atoms with E-state index in [1.807, 2.05) is 31.2 Å². The second kappa shape index (κ2) is 9.48. The monoisotopic (exact) mass is 474 g/mol. The highest BCUT2D eigenvalue weighted by molar-refractivity contribution is 6.41. The lowest BCUT2D eigenvalue weighted by atomic mass is 9.91. The van der Waals surface area contributed by atoms with Crippen LogP contribution in [-0.2, 0) is 9.59 Å². The highest BCUT2D eigenvalue weighted by atomic mass is 35.5. The molecule has 0 saturated carbocycles. The highest BCUT2D eigenvalue weighted by Gasteiger charge is 2.40. The molecule has 168 valence electrons. The van der Waals surface area contributed by atoms with Gasteiger partial charge in [-0.1, -0.05) is 42.3 Å². The van der Waals surface area contributed by atoms with E-state index < -0.39 is 0 Å². The lowest BCUT2D eigenvalue weighted by Gasteiger charge is -2.28. The van der Waals surface area contributed by atoms with Gasteiger partial charge in [0.2, 0.25) is 0 Å². The summed E-state index contributed by atoms with van der Waals surface area (Å²) < 4.78 is 5.28. The fourth-order valence-electron chi connectivity index (χ4n) is 4.05. The second-order valence-corrected chi connectivity index (χ2v) is 8.74. The molecule has 2 heterocycles. The molecule has 0 radical (unpaired) electrons. The summed E-state index contributed by atoms with van der Waals surface area (Å²) >= 11 is 12.6. The molecule has 7 nitrogen and oxygen atoms in total. The number of hydrogen-bond acceptors (Lipinski definition) is 6. The predicted molar refractivity (Wildman–Crippen MR) is 125 cm³/mol. The molecule has 2 aromatic carbocycles. The van der Waals surface area contributed by atoms with Gasteiger partial charge in [-0.15, -0.1) is 0 Å². The molecule has 1 N–H and O–H groups in total. The van der Waals surface area contributed by atoms with Crippen LogP contribution in [0.4, 0.5) is 5.69 Å². The van der Waals surface area contributed by atoms with Crippen LogP contribution < -0.4 is 15.2 Å². The van der Waals surface area contributed by atoms with E-state index in [0.29, 0.717) is 47.4 Å². The SMILES string of the molecule is COc1ccc([C@H]2[C@@H](C)C(C(=O)NN3CCC(=O)CC3)=NN2c2ccc(Cl)cc2Cl)cc1. The molecule has 4 rings (SSSR count). The zero-order valence-corrected chi connectivity index (χ0v) is 19.4. The highest BCUT2D eigenvalue weighted by Crippen LogP contribution is 2.42. The molecule has 0 spiro atoms. The summed E-state index contributed by atoms with van der Waals surface area (Å²) in [4.78, 5) is 24.6. The standard InChI is InChI=1S/C23H24Cl2N4O3/c1-14-21(23(31)27-28-11-9-17(30)10-12-28)26-29(20-8-5-16(24)13-19(20)25)22(14)15-3-6-18(32-2)7-4-15/h3-8,13-14,22H,9-12H2,1-2H3,(H,27,31)/t14-,22+/m0/s1. The van der Waals surface area contributed by atoms with Gasteiger partial charge < -0.3 is 4.74 Å². The number of rotatable bonds is 5. The number of ether oxygens (including phenoxy) is 1. The Morgan fingerprint density at radius 3 is 2.44 bits per heavy atom. The maximum Gasteiger partial charge on any atom is 0.282 e. The van der Waals surface area contributed by atoms with Crippen molar-refractivity contribution in [3.8, 4) is 5.75 Å². The Morgan fingerprint density at radius 1 is 1.12 bits per heavy atom. The van der Waals surface area contributed by atoms with E-state index in [1.54, 1.807) is 35.3 Å². The van der Waals surface area contributed by atoms with Gasteiger partial charge in [-0.3, -0.25) is 20.0 Å². The average Bonchev–Trinajstić information content (AvgIpc) is 3.12. The van der Waals surface area contributed by atoms with Gasteiger partial charge in [0.05, 0.1) is 23.9 Å². The molecule has 0 aliphatic carbocycles. The Kier molecular flexibility index (Phi) is 6.69. The first-order valence-corrected chi connectivity index (χ1v) is 11.2.